The Kier molecular flexibility index (Phi) is 7.53. The summed E-state index contributed by atoms with van der Waals surface area (Å²) in [5.41, 5.74) is 1.44. The highest BCUT2D eigenvalue weighted by Crippen LogP contribution is 2.38. The Morgan fingerprint density at radius 3 is 2.43 bits per heavy atom. The number of barbiturate groups is 1. The van der Waals surface area contributed by atoms with Crippen molar-refractivity contribution in [3.05, 3.63) is 92.9 Å². The van der Waals surface area contributed by atoms with E-state index in [9.17, 15) is 14.4 Å². The molecule has 1 fully saturated rings. The number of hydrogen-bond acceptors (Lipinski definition) is 5. The van der Waals surface area contributed by atoms with Crippen molar-refractivity contribution in [2.75, 3.05) is 11.5 Å². The molecule has 1 heterocycles. The normalized spacial score (nSPS) is 14.8. The van der Waals surface area contributed by atoms with Gasteiger partial charge in [0.25, 0.3) is 11.8 Å². The molecule has 1 aliphatic heterocycles. The third-order valence-electron chi connectivity index (χ3n) is 5.06. The Bertz CT molecular complexity index is 1330. The van der Waals surface area contributed by atoms with Crippen LogP contribution in [0.25, 0.3) is 6.08 Å². The minimum absolute atomic E-state index is 0.177. The number of amides is 4. The number of hydrogen-bond donors (Lipinski definition) is 1. The van der Waals surface area contributed by atoms with Crippen LogP contribution in [0.15, 0.2) is 76.8 Å². The Balaban J connectivity index is 1.68. The number of carbonyl (C=O) groups excluding carboxylic acids is 3. The molecular formula is C26H20BrClN2O5. The molecule has 4 rings (SSSR count). The Morgan fingerprint density at radius 1 is 1.00 bits per heavy atom. The highest BCUT2D eigenvalue weighted by atomic mass is 79.9. The number of carbonyl (C=O) groups is 3. The fourth-order valence-corrected chi connectivity index (χ4v) is 4.27. The van der Waals surface area contributed by atoms with Crippen molar-refractivity contribution in [2.24, 2.45) is 0 Å². The zero-order valence-corrected chi connectivity index (χ0v) is 20.9. The van der Waals surface area contributed by atoms with Crippen LogP contribution in [0, 0.1) is 0 Å². The van der Waals surface area contributed by atoms with Crippen LogP contribution in [0.5, 0.6) is 11.5 Å². The van der Waals surface area contributed by atoms with Crippen LogP contribution in [0.1, 0.15) is 18.1 Å². The van der Waals surface area contributed by atoms with Crippen molar-refractivity contribution in [1.29, 1.82) is 0 Å². The maximum absolute atomic E-state index is 13.2. The summed E-state index contributed by atoms with van der Waals surface area (Å²) in [4.78, 5) is 39.0. The second kappa shape index (κ2) is 10.8. The maximum atomic E-state index is 13.2. The van der Waals surface area contributed by atoms with E-state index in [1.807, 2.05) is 37.3 Å². The third-order valence-corrected chi connectivity index (χ3v) is 5.97. The first kappa shape index (κ1) is 24.5. The monoisotopic (exact) mass is 554 g/mol. The van der Waals surface area contributed by atoms with Gasteiger partial charge in [-0.15, -0.1) is 0 Å². The lowest BCUT2D eigenvalue weighted by atomic mass is 10.1. The van der Waals surface area contributed by atoms with Gasteiger partial charge in [0.05, 0.1) is 21.8 Å². The topological polar surface area (TPSA) is 84.9 Å². The number of nitrogens with zero attached hydrogens (tertiary/aromatic N) is 1. The number of anilines is 1. The summed E-state index contributed by atoms with van der Waals surface area (Å²) in [6.45, 7) is 2.54. The van der Waals surface area contributed by atoms with Gasteiger partial charge in [0.2, 0.25) is 0 Å². The summed E-state index contributed by atoms with van der Waals surface area (Å²) in [6.07, 6.45) is 1.39. The predicted octanol–water partition coefficient (Wildman–Crippen LogP) is 5.75. The average Bonchev–Trinajstić information content (AvgIpc) is 2.83. The molecule has 1 N–H and O–H groups in total. The van der Waals surface area contributed by atoms with E-state index in [1.165, 1.54) is 12.1 Å². The third kappa shape index (κ3) is 5.39. The molecule has 0 atom stereocenters. The second-order valence-electron chi connectivity index (χ2n) is 7.45. The summed E-state index contributed by atoms with van der Waals surface area (Å²) in [5, 5.41) is 2.39. The van der Waals surface area contributed by atoms with Crippen LogP contribution in [0.4, 0.5) is 10.5 Å². The lowest BCUT2D eigenvalue weighted by Gasteiger charge is -2.27. The van der Waals surface area contributed by atoms with E-state index >= 15 is 0 Å². The lowest BCUT2D eigenvalue weighted by molar-refractivity contribution is -0.122. The van der Waals surface area contributed by atoms with Crippen LogP contribution in [-0.4, -0.2) is 24.5 Å². The maximum Gasteiger partial charge on any atom is 0.335 e. The van der Waals surface area contributed by atoms with E-state index in [0.29, 0.717) is 34.7 Å². The number of para-hydroxylation sites is 1. The van der Waals surface area contributed by atoms with Crippen molar-refractivity contribution in [1.82, 2.24) is 5.32 Å². The van der Waals surface area contributed by atoms with E-state index in [0.717, 1.165) is 10.5 Å². The van der Waals surface area contributed by atoms with Crippen LogP contribution >= 0.6 is 27.5 Å². The summed E-state index contributed by atoms with van der Waals surface area (Å²) in [5.74, 6) is -0.662. The molecule has 7 nitrogen and oxygen atoms in total. The van der Waals surface area contributed by atoms with E-state index in [-0.39, 0.29) is 16.3 Å². The lowest BCUT2D eigenvalue weighted by Crippen LogP contribution is -2.54. The molecule has 3 aromatic carbocycles. The molecular weight excluding hydrogens is 536 g/mol. The zero-order valence-electron chi connectivity index (χ0n) is 18.6. The van der Waals surface area contributed by atoms with Gasteiger partial charge in [0.1, 0.15) is 12.2 Å². The quantitative estimate of drug-likeness (QED) is 0.297. The van der Waals surface area contributed by atoms with Gasteiger partial charge in [-0.05, 0) is 64.3 Å². The average molecular weight is 556 g/mol. The number of halogens is 2. The fraction of sp³-hybridized carbons (Fsp3) is 0.115. The van der Waals surface area contributed by atoms with Crippen LogP contribution in [-0.2, 0) is 16.2 Å². The van der Waals surface area contributed by atoms with E-state index in [2.05, 4.69) is 21.2 Å². The first-order valence-electron chi connectivity index (χ1n) is 10.7. The fourth-order valence-electron chi connectivity index (χ4n) is 3.48. The number of rotatable bonds is 7. The predicted molar refractivity (Wildman–Crippen MR) is 137 cm³/mol. The molecule has 35 heavy (non-hydrogen) atoms. The van der Waals surface area contributed by atoms with Gasteiger partial charge in [-0.3, -0.25) is 14.9 Å². The largest absolute Gasteiger partial charge is 0.490 e. The molecule has 9 heteroatoms. The van der Waals surface area contributed by atoms with Crippen molar-refractivity contribution >= 4 is 57.1 Å². The summed E-state index contributed by atoms with van der Waals surface area (Å²) in [6, 6.07) is 18.6. The standard InChI is InChI=1S/C26H20BrClN2O5/c1-2-34-22-14-17(13-19(27)23(22)35-15-16-8-4-3-5-9-16)12-18-24(31)29-26(33)30(25(18)32)21-11-7-6-10-20(21)28/h3-14H,2,15H2,1H3,(H,29,31,33)/b18-12+. The summed E-state index contributed by atoms with van der Waals surface area (Å²) < 4.78 is 12.3. The molecule has 1 aliphatic rings. The first-order valence-corrected chi connectivity index (χ1v) is 11.8. The van der Waals surface area contributed by atoms with Crippen molar-refractivity contribution in [3.8, 4) is 11.5 Å². The van der Waals surface area contributed by atoms with Crippen molar-refractivity contribution in [2.45, 2.75) is 13.5 Å². The molecule has 4 amide bonds. The summed E-state index contributed by atoms with van der Waals surface area (Å²) in [7, 11) is 0. The number of ether oxygens (including phenoxy) is 2. The molecule has 0 aliphatic carbocycles. The van der Waals surface area contributed by atoms with E-state index in [1.54, 1.807) is 30.3 Å². The van der Waals surface area contributed by atoms with E-state index < -0.39 is 17.8 Å². The Hall–Kier alpha value is -3.62. The van der Waals surface area contributed by atoms with Gasteiger partial charge < -0.3 is 9.47 Å². The SMILES string of the molecule is CCOc1cc(/C=C2\C(=O)NC(=O)N(c3ccccc3Cl)C2=O)cc(Br)c1OCc1ccccc1. The minimum Gasteiger partial charge on any atom is -0.490 e. The van der Waals surface area contributed by atoms with Gasteiger partial charge in [0.15, 0.2) is 11.5 Å². The molecule has 3 aromatic rings. The Labute approximate surface area is 215 Å². The summed E-state index contributed by atoms with van der Waals surface area (Å²) >= 11 is 9.69. The van der Waals surface area contributed by atoms with Crippen molar-refractivity contribution < 1.29 is 23.9 Å². The second-order valence-corrected chi connectivity index (χ2v) is 8.71. The highest BCUT2D eigenvalue weighted by Gasteiger charge is 2.37. The highest BCUT2D eigenvalue weighted by molar-refractivity contribution is 9.10. The first-order chi connectivity index (χ1) is 16.9. The molecule has 0 saturated carbocycles. The molecule has 0 bridgehead atoms. The minimum atomic E-state index is -0.869. The van der Waals surface area contributed by atoms with Crippen LogP contribution < -0.4 is 19.7 Å². The number of benzene rings is 3. The molecule has 0 unspecified atom stereocenters. The van der Waals surface area contributed by atoms with Gasteiger partial charge in [-0.25, -0.2) is 9.69 Å². The number of nitrogens with one attached hydrogen (secondary N) is 1. The molecule has 0 radical (unpaired) electrons. The molecule has 0 aromatic heterocycles. The number of urea groups is 1. The molecule has 178 valence electrons. The Morgan fingerprint density at radius 2 is 1.71 bits per heavy atom. The van der Waals surface area contributed by atoms with Gasteiger partial charge in [0, 0.05) is 0 Å². The van der Waals surface area contributed by atoms with Gasteiger partial charge >= 0.3 is 6.03 Å². The van der Waals surface area contributed by atoms with Gasteiger partial charge in [-0.1, -0.05) is 54.1 Å². The van der Waals surface area contributed by atoms with Gasteiger partial charge in [-0.2, -0.15) is 0 Å². The van der Waals surface area contributed by atoms with Crippen LogP contribution in [0.3, 0.4) is 0 Å². The molecule has 0 spiro atoms. The van der Waals surface area contributed by atoms with E-state index in [4.69, 9.17) is 21.1 Å². The zero-order chi connectivity index (χ0) is 24.9. The van der Waals surface area contributed by atoms with Crippen LogP contribution in [0.2, 0.25) is 5.02 Å². The number of imide groups is 2. The molecule has 1 saturated heterocycles. The smallest absolute Gasteiger partial charge is 0.335 e. The van der Waals surface area contributed by atoms with Crippen molar-refractivity contribution in [3.63, 3.8) is 0 Å².